The van der Waals surface area contributed by atoms with Crippen LogP contribution in [0.5, 0.6) is 0 Å². The molecule has 0 fully saturated rings. The number of fused-ring (bicyclic) bond motifs is 1. The van der Waals surface area contributed by atoms with E-state index in [1.807, 2.05) is 37.3 Å². The molecule has 1 amide bonds. The molecular weight excluding hydrogens is 406 g/mol. The zero-order valence-electron chi connectivity index (χ0n) is 16.9. The third-order valence-electron chi connectivity index (χ3n) is 4.92. The predicted molar refractivity (Wildman–Crippen MR) is 111 cm³/mol. The highest BCUT2D eigenvalue weighted by Crippen LogP contribution is 2.23. The highest BCUT2D eigenvalue weighted by Gasteiger charge is 2.31. The lowest BCUT2D eigenvalue weighted by Crippen LogP contribution is -2.34. The summed E-state index contributed by atoms with van der Waals surface area (Å²) in [4.78, 5) is 30.4. The van der Waals surface area contributed by atoms with E-state index in [4.69, 9.17) is 4.74 Å². The topological polar surface area (TPSA) is 105 Å². The maximum atomic E-state index is 12.4. The maximum Gasteiger partial charge on any atom is 0.331 e. The molecule has 2 unspecified atom stereocenters. The first kappa shape index (κ1) is 21.5. The van der Waals surface area contributed by atoms with Crippen LogP contribution in [0.1, 0.15) is 31.0 Å². The van der Waals surface area contributed by atoms with Crippen LogP contribution in [0.4, 0.5) is 0 Å². The van der Waals surface area contributed by atoms with Gasteiger partial charge in [0.05, 0.1) is 10.9 Å². The fourth-order valence-corrected chi connectivity index (χ4v) is 4.24. The Bertz CT molecular complexity index is 1080. The molecule has 2 aromatic rings. The Labute approximate surface area is 175 Å². The zero-order chi connectivity index (χ0) is 21.9. The third-order valence-corrected chi connectivity index (χ3v) is 6.32. The van der Waals surface area contributed by atoms with Gasteiger partial charge >= 0.3 is 5.97 Å². The maximum absolute atomic E-state index is 12.4. The predicted octanol–water partition coefficient (Wildman–Crippen LogP) is 1.88. The molecule has 2 atom stereocenters. The Balaban J connectivity index is 1.61. The van der Waals surface area contributed by atoms with E-state index in [1.54, 1.807) is 25.2 Å². The molecule has 3 rings (SSSR count). The minimum absolute atomic E-state index is 0.0798. The van der Waals surface area contributed by atoms with Gasteiger partial charge in [0.2, 0.25) is 0 Å². The number of likely N-dealkylation sites (N-methyl/N-ethyl adjacent to an activating group) is 1. The number of aliphatic imine (C=N–C) groups is 1. The number of hydrogen-bond donors (Lipinski definition) is 1. The second kappa shape index (κ2) is 8.66. The molecule has 0 aromatic heterocycles. The Hall–Kier alpha value is -3.20. The summed E-state index contributed by atoms with van der Waals surface area (Å²) in [5.74, 6) is -0.997. The van der Waals surface area contributed by atoms with Crippen LogP contribution < -0.4 is 4.72 Å². The van der Waals surface area contributed by atoms with E-state index >= 15 is 0 Å². The molecule has 8 nitrogen and oxygen atoms in total. The summed E-state index contributed by atoms with van der Waals surface area (Å²) in [6, 6.07) is 14.7. The molecule has 30 heavy (non-hydrogen) atoms. The number of benzene rings is 2. The highest BCUT2D eigenvalue weighted by atomic mass is 32.2. The number of carbonyl (C=O) groups excluding carboxylic acids is 2. The number of carbonyl (C=O) groups is 2. The van der Waals surface area contributed by atoms with Crippen LogP contribution in [0.15, 0.2) is 64.5 Å². The number of rotatable bonds is 6. The van der Waals surface area contributed by atoms with Crippen molar-refractivity contribution in [3.63, 3.8) is 0 Å². The number of ether oxygens (including phenoxy) is 1. The Kier molecular flexibility index (Phi) is 6.21. The van der Waals surface area contributed by atoms with Gasteiger partial charge in [-0.1, -0.05) is 42.5 Å². The lowest BCUT2D eigenvalue weighted by molar-refractivity contribution is -0.153. The van der Waals surface area contributed by atoms with E-state index in [9.17, 15) is 18.0 Å². The van der Waals surface area contributed by atoms with Gasteiger partial charge in [0.25, 0.3) is 15.9 Å². The average molecular weight is 429 g/mol. The van der Waals surface area contributed by atoms with Gasteiger partial charge in [-0.15, -0.1) is 0 Å². The van der Waals surface area contributed by atoms with Gasteiger partial charge in [0.15, 0.2) is 6.61 Å². The van der Waals surface area contributed by atoms with Gasteiger partial charge < -0.3 is 9.64 Å². The number of amidine groups is 1. The summed E-state index contributed by atoms with van der Waals surface area (Å²) >= 11 is 0. The van der Waals surface area contributed by atoms with Gasteiger partial charge in [-0.3, -0.25) is 14.5 Å². The molecule has 1 N–H and O–H groups in total. The van der Waals surface area contributed by atoms with Crippen LogP contribution in [0, 0.1) is 0 Å². The van der Waals surface area contributed by atoms with Crippen molar-refractivity contribution in [2.75, 3.05) is 13.7 Å². The highest BCUT2D eigenvalue weighted by molar-refractivity contribution is 7.90. The largest absolute Gasteiger partial charge is 0.454 e. The smallest absolute Gasteiger partial charge is 0.331 e. The fraction of sp³-hybridized carbons (Fsp3) is 0.286. The monoisotopic (exact) mass is 429 g/mol. The van der Waals surface area contributed by atoms with Crippen LogP contribution in [0.3, 0.4) is 0 Å². The van der Waals surface area contributed by atoms with Crippen LogP contribution in [-0.2, 0) is 24.3 Å². The SMILES string of the molecule is CC(N=C1NS(=O)(=O)c2ccccc21)C(=O)OCC(=O)N(C)C(C)c1ccccc1. The van der Waals surface area contributed by atoms with Crippen molar-refractivity contribution in [3.8, 4) is 0 Å². The zero-order valence-corrected chi connectivity index (χ0v) is 17.7. The number of nitrogens with one attached hydrogen (secondary N) is 1. The molecule has 1 aliphatic heterocycles. The van der Waals surface area contributed by atoms with E-state index in [0.29, 0.717) is 5.56 Å². The fourth-order valence-electron chi connectivity index (χ4n) is 3.00. The standard InChI is InChI=1S/C21H23N3O5S/c1-14(22-20-17-11-7-8-12-18(17)30(27,28)23-20)21(26)29-13-19(25)24(3)15(2)16-9-5-4-6-10-16/h4-12,14-15H,13H2,1-3H3,(H,22,23). The minimum atomic E-state index is -3.69. The first-order chi connectivity index (χ1) is 14.2. The molecule has 0 bridgehead atoms. The van der Waals surface area contributed by atoms with Crippen LogP contribution in [0.25, 0.3) is 0 Å². The normalized spacial score (nSPS) is 17.5. The van der Waals surface area contributed by atoms with Gasteiger partial charge in [0.1, 0.15) is 11.9 Å². The van der Waals surface area contributed by atoms with Gasteiger partial charge in [0, 0.05) is 12.6 Å². The second-order valence-corrected chi connectivity index (χ2v) is 8.61. The second-order valence-electron chi connectivity index (χ2n) is 6.95. The number of nitrogens with zero attached hydrogens (tertiary/aromatic N) is 2. The number of hydrogen-bond acceptors (Lipinski definition) is 6. The number of amides is 1. The van der Waals surface area contributed by atoms with Gasteiger partial charge in [-0.05, 0) is 31.5 Å². The number of esters is 1. The summed E-state index contributed by atoms with van der Waals surface area (Å²) in [5.41, 5.74) is 1.36. The Morgan fingerprint density at radius 3 is 2.40 bits per heavy atom. The molecule has 0 aliphatic carbocycles. The van der Waals surface area contributed by atoms with Gasteiger partial charge in [-0.25, -0.2) is 13.2 Å². The molecule has 0 saturated heterocycles. The van der Waals surface area contributed by atoms with Crippen molar-refractivity contribution in [2.45, 2.75) is 30.8 Å². The van der Waals surface area contributed by atoms with E-state index in [1.165, 1.54) is 17.9 Å². The van der Waals surface area contributed by atoms with Crippen LogP contribution in [-0.4, -0.2) is 50.7 Å². The molecule has 0 spiro atoms. The molecule has 9 heteroatoms. The minimum Gasteiger partial charge on any atom is -0.454 e. The van der Waals surface area contributed by atoms with Crippen molar-refractivity contribution in [1.82, 2.24) is 9.62 Å². The van der Waals surface area contributed by atoms with Gasteiger partial charge in [-0.2, -0.15) is 0 Å². The van der Waals surface area contributed by atoms with E-state index in [0.717, 1.165) is 5.56 Å². The molecule has 158 valence electrons. The lowest BCUT2D eigenvalue weighted by Gasteiger charge is -2.25. The van der Waals surface area contributed by atoms with Crippen molar-refractivity contribution in [3.05, 3.63) is 65.7 Å². The summed E-state index contributed by atoms with van der Waals surface area (Å²) < 4.78 is 31.7. The van der Waals surface area contributed by atoms with E-state index in [2.05, 4.69) is 9.71 Å². The molecular formula is C21H23N3O5S. The van der Waals surface area contributed by atoms with E-state index in [-0.39, 0.29) is 22.7 Å². The average Bonchev–Trinajstić information content (AvgIpc) is 3.01. The lowest BCUT2D eigenvalue weighted by atomic mass is 10.1. The van der Waals surface area contributed by atoms with Crippen molar-refractivity contribution >= 4 is 27.7 Å². The molecule has 0 saturated carbocycles. The summed E-state index contributed by atoms with van der Waals surface area (Å²) in [6.45, 7) is 2.93. The summed E-state index contributed by atoms with van der Waals surface area (Å²) in [5, 5.41) is 0. The quantitative estimate of drug-likeness (QED) is 0.706. The molecule has 2 aromatic carbocycles. The third kappa shape index (κ3) is 4.51. The van der Waals surface area contributed by atoms with Crippen molar-refractivity contribution < 1.29 is 22.7 Å². The van der Waals surface area contributed by atoms with Crippen molar-refractivity contribution in [2.24, 2.45) is 4.99 Å². The Morgan fingerprint density at radius 1 is 1.07 bits per heavy atom. The van der Waals surface area contributed by atoms with Crippen molar-refractivity contribution in [1.29, 1.82) is 0 Å². The number of sulfonamides is 1. The first-order valence-corrected chi connectivity index (χ1v) is 10.9. The van der Waals surface area contributed by atoms with Crippen LogP contribution >= 0.6 is 0 Å². The summed E-state index contributed by atoms with van der Waals surface area (Å²) in [6.07, 6.45) is 0. The first-order valence-electron chi connectivity index (χ1n) is 9.38. The molecule has 1 aliphatic rings. The van der Waals surface area contributed by atoms with Crippen LogP contribution in [0.2, 0.25) is 0 Å². The molecule has 0 radical (unpaired) electrons. The van der Waals surface area contributed by atoms with E-state index < -0.39 is 28.6 Å². The molecule has 1 heterocycles. The Morgan fingerprint density at radius 2 is 1.70 bits per heavy atom. The summed E-state index contributed by atoms with van der Waals surface area (Å²) in [7, 11) is -2.05.